The lowest BCUT2D eigenvalue weighted by Gasteiger charge is -2.28. The number of nitrogens with zero attached hydrogens (tertiary/aromatic N) is 5. The van der Waals surface area contributed by atoms with Crippen LogP contribution in [0.25, 0.3) is 11.3 Å². The van der Waals surface area contributed by atoms with E-state index in [0.29, 0.717) is 41.8 Å². The second kappa shape index (κ2) is 9.97. The van der Waals surface area contributed by atoms with Crippen molar-refractivity contribution in [2.75, 3.05) is 36.5 Å². The van der Waals surface area contributed by atoms with Gasteiger partial charge in [-0.05, 0) is 43.2 Å². The van der Waals surface area contributed by atoms with Crippen LogP contribution in [-0.4, -0.2) is 46.1 Å². The van der Waals surface area contributed by atoms with Crippen LogP contribution in [-0.2, 0) is 10.9 Å². The van der Waals surface area contributed by atoms with Crippen molar-refractivity contribution in [3.8, 4) is 22.8 Å². The summed E-state index contributed by atoms with van der Waals surface area (Å²) < 4.78 is 53.6. The molecule has 196 valence electrons. The predicted molar refractivity (Wildman–Crippen MR) is 136 cm³/mol. The van der Waals surface area contributed by atoms with E-state index in [-0.39, 0.29) is 6.04 Å². The van der Waals surface area contributed by atoms with Crippen molar-refractivity contribution < 1.29 is 22.6 Å². The van der Waals surface area contributed by atoms with Gasteiger partial charge in [-0.2, -0.15) is 18.3 Å². The van der Waals surface area contributed by atoms with Crippen LogP contribution in [0, 0.1) is 0 Å². The summed E-state index contributed by atoms with van der Waals surface area (Å²) in [5, 5.41) is 7.89. The molecule has 1 aliphatic heterocycles. The maximum atomic E-state index is 13.4. The molecule has 4 heterocycles. The van der Waals surface area contributed by atoms with Crippen molar-refractivity contribution in [1.82, 2.24) is 19.7 Å². The Labute approximate surface area is 217 Å². The van der Waals surface area contributed by atoms with E-state index in [1.807, 2.05) is 12.1 Å². The monoisotopic (exact) mass is 522 g/mol. The minimum atomic E-state index is -4.46. The average molecular weight is 523 g/mol. The number of rotatable bonds is 7. The standard InChI is InChI=1S/C27H25F3N6O2/c28-27(29,30)19-4-1-3-18(15-19)25-23(17-36(34-25)21-6-7-21)38-22-5-2-9-32-26(22)33-20-8-10-31-24(16-20)35-11-13-37-14-12-35/h1-5,8-10,15-17,21H,6-7,11-14H2,(H,31,32,33). The number of ether oxygens (including phenoxy) is 2. The molecule has 1 aromatic carbocycles. The highest BCUT2D eigenvalue weighted by Crippen LogP contribution is 2.42. The molecule has 0 radical (unpaired) electrons. The first-order valence-electron chi connectivity index (χ1n) is 12.4. The van der Waals surface area contributed by atoms with Gasteiger partial charge < -0.3 is 19.7 Å². The number of pyridine rings is 2. The SMILES string of the molecule is FC(F)(F)c1cccc(-c2nn(C3CC3)cc2Oc2cccnc2Nc2ccnc(N3CCOCC3)c2)c1. The molecule has 1 saturated carbocycles. The highest BCUT2D eigenvalue weighted by atomic mass is 19.4. The van der Waals surface area contributed by atoms with Crippen LogP contribution in [0.2, 0.25) is 0 Å². The maximum Gasteiger partial charge on any atom is 0.416 e. The fourth-order valence-corrected chi connectivity index (χ4v) is 4.30. The third-order valence-corrected chi connectivity index (χ3v) is 6.42. The van der Waals surface area contributed by atoms with Crippen molar-refractivity contribution >= 4 is 17.3 Å². The van der Waals surface area contributed by atoms with Crippen LogP contribution < -0.4 is 15.0 Å². The van der Waals surface area contributed by atoms with E-state index in [2.05, 4.69) is 25.3 Å². The van der Waals surface area contributed by atoms with Gasteiger partial charge in [0.25, 0.3) is 0 Å². The van der Waals surface area contributed by atoms with Crippen LogP contribution >= 0.6 is 0 Å². The first kappa shape index (κ1) is 24.2. The zero-order chi connectivity index (χ0) is 26.1. The molecule has 4 aromatic rings. The molecule has 1 aliphatic carbocycles. The summed E-state index contributed by atoms with van der Waals surface area (Å²) in [6, 6.07) is 12.6. The van der Waals surface area contributed by atoms with Crippen LogP contribution in [0.15, 0.2) is 67.1 Å². The minimum Gasteiger partial charge on any atom is -0.449 e. The van der Waals surface area contributed by atoms with E-state index in [4.69, 9.17) is 9.47 Å². The van der Waals surface area contributed by atoms with Gasteiger partial charge in [-0.15, -0.1) is 0 Å². The number of alkyl halides is 3. The van der Waals surface area contributed by atoms with Gasteiger partial charge in [0.2, 0.25) is 0 Å². The van der Waals surface area contributed by atoms with Gasteiger partial charge in [0.1, 0.15) is 11.5 Å². The molecule has 0 bridgehead atoms. The summed E-state index contributed by atoms with van der Waals surface area (Å²) in [6.45, 7) is 2.83. The van der Waals surface area contributed by atoms with Crippen molar-refractivity contribution in [3.63, 3.8) is 0 Å². The van der Waals surface area contributed by atoms with E-state index in [1.54, 1.807) is 41.5 Å². The number of aromatic nitrogens is 4. The second-order valence-corrected chi connectivity index (χ2v) is 9.21. The van der Waals surface area contributed by atoms with Crippen molar-refractivity contribution in [3.05, 3.63) is 72.7 Å². The number of benzene rings is 1. The largest absolute Gasteiger partial charge is 0.449 e. The number of anilines is 3. The molecule has 0 unspecified atom stereocenters. The lowest BCUT2D eigenvalue weighted by atomic mass is 10.1. The maximum absolute atomic E-state index is 13.4. The Balaban J connectivity index is 1.30. The molecule has 11 heteroatoms. The molecule has 0 atom stereocenters. The summed E-state index contributed by atoms with van der Waals surface area (Å²) in [6.07, 6.45) is 2.59. The molecule has 38 heavy (non-hydrogen) atoms. The molecular formula is C27H25F3N6O2. The summed E-state index contributed by atoms with van der Waals surface area (Å²) in [7, 11) is 0. The molecule has 2 aliphatic rings. The van der Waals surface area contributed by atoms with Gasteiger partial charge in [0.15, 0.2) is 17.3 Å². The van der Waals surface area contributed by atoms with Crippen LogP contribution in [0.4, 0.5) is 30.5 Å². The summed E-state index contributed by atoms with van der Waals surface area (Å²) in [4.78, 5) is 11.1. The summed E-state index contributed by atoms with van der Waals surface area (Å²) >= 11 is 0. The Morgan fingerprint density at radius 3 is 2.58 bits per heavy atom. The van der Waals surface area contributed by atoms with Crippen LogP contribution in [0.5, 0.6) is 11.5 Å². The van der Waals surface area contributed by atoms with Gasteiger partial charge in [-0.3, -0.25) is 4.68 Å². The molecule has 8 nitrogen and oxygen atoms in total. The van der Waals surface area contributed by atoms with Crippen molar-refractivity contribution in [2.45, 2.75) is 25.1 Å². The Morgan fingerprint density at radius 2 is 1.79 bits per heavy atom. The Hall–Kier alpha value is -4.12. The molecule has 3 aromatic heterocycles. The predicted octanol–water partition coefficient (Wildman–Crippen LogP) is 6.07. The molecular weight excluding hydrogens is 497 g/mol. The first-order chi connectivity index (χ1) is 18.4. The highest BCUT2D eigenvalue weighted by Gasteiger charge is 2.32. The molecule has 0 amide bonds. The third-order valence-electron chi connectivity index (χ3n) is 6.42. The third kappa shape index (κ3) is 5.28. The topological polar surface area (TPSA) is 77.3 Å². The number of nitrogens with one attached hydrogen (secondary N) is 1. The minimum absolute atomic E-state index is 0.221. The van der Waals surface area contributed by atoms with E-state index in [1.165, 1.54) is 6.07 Å². The van der Waals surface area contributed by atoms with Gasteiger partial charge in [-0.25, -0.2) is 9.97 Å². The molecule has 1 N–H and O–H groups in total. The smallest absolute Gasteiger partial charge is 0.416 e. The van der Waals surface area contributed by atoms with Crippen molar-refractivity contribution in [2.24, 2.45) is 0 Å². The normalized spacial score (nSPS) is 15.9. The second-order valence-electron chi connectivity index (χ2n) is 9.21. The van der Waals surface area contributed by atoms with Gasteiger partial charge in [0.05, 0.1) is 31.0 Å². The molecule has 2 fully saturated rings. The number of hydrogen-bond donors (Lipinski definition) is 1. The lowest BCUT2D eigenvalue weighted by molar-refractivity contribution is -0.137. The number of halogens is 3. The Bertz CT molecular complexity index is 1430. The zero-order valence-corrected chi connectivity index (χ0v) is 20.4. The Kier molecular flexibility index (Phi) is 6.36. The fraction of sp³-hybridized carbons (Fsp3) is 0.296. The first-order valence-corrected chi connectivity index (χ1v) is 12.4. The average Bonchev–Trinajstić information content (AvgIpc) is 3.70. The van der Waals surface area contributed by atoms with E-state index >= 15 is 0 Å². The number of morpholine rings is 1. The van der Waals surface area contributed by atoms with Gasteiger partial charge >= 0.3 is 6.18 Å². The number of hydrogen-bond acceptors (Lipinski definition) is 7. The molecule has 0 spiro atoms. The quantitative estimate of drug-likeness (QED) is 0.316. The Morgan fingerprint density at radius 1 is 0.947 bits per heavy atom. The zero-order valence-electron chi connectivity index (χ0n) is 20.4. The summed E-state index contributed by atoms with van der Waals surface area (Å²) in [5.74, 6) is 2.06. The van der Waals surface area contributed by atoms with E-state index in [0.717, 1.165) is 49.6 Å². The van der Waals surface area contributed by atoms with Gasteiger partial charge in [0, 0.05) is 42.8 Å². The van der Waals surface area contributed by atoms with E-state index in [9.17, 15) is 13.2 Å². The van der Waals surface area contributed by atoms with Crippen molar-refractivity contribution in [1.29, 1.82) is 0 Å². The molecule has 1 saturated heterocycles. The van der Waals surface area contributed by atoms with Gasteiger partial charge in [-0.1, -0.05) is 12.1 Å². The summed E-state index contributed by atoms with van der Waals surface area (Å²) in [5.41, 5.74) is 0.712. The molecule has 6 rings (SSSR count). The highest BCUT2D eigenvalue weighted by molar-refractivity contribution is 5.69. The van der Waals surface area contributed by atoms with Crippen LogP contribution in [0.1, 0.15) is 24.4 Å². The van der Waals surface area contributed by atoms with E-state index < -0.39 is 11.7 Å². The lowest BCUT2D eigenvalue weighted by Crippen LogP contribution is -2.36. The fourth-order valence-electron chi connectivity index (χ4n) is 4.30. The van der Waals surface area contributed by atoms with Crippen LogP contribution in [0.3, 0.4) is 0 Å².